The average Bonchev–Trinajstić information content (AvgIpc) is 3.08. The largest absolute Gasteiger partial charge is 0.357 e. The number of carbonyl (C=O) groups is 1. The van der Waals surface area contributed by atoms with E-state index in [1.54, 1.807) is 6.33 Å². The smallest absolute Gasteiger partial charge is 0.242 e. The van der Waals surface area contributed by atoms with Crippen molar-refractivity contribution in [3.8, 4) is 0 Å². The normalized spacial score (nSPS) is 15.2. The van der Waals surface area contributed by atoms with Crippen LogP contribution < -0.4 is 16.0 Å². The summed E-state index contributed by atoms with van der Waals surface area (Å²) in [6, 6.07) is 0.327. The molecule has 1 aromatic heterocycles. The van der Waals surface area contributed by atoms with Gasteiger partial charge in [-0.1, -0.05) is 26.2 Å². The van der Waals surface area contributed by atoms with Crippen molar-refractivity contribution in [1.29, 1.82) is 0 Å². The number of hydrogen-bond donors (Lipinski definition) is 3. The first-order chi connectivity index (χ1) is 12.2. The number of aromatic nitrogens is 3. The fourth-order valence-corrected chi connectivity index (χ4v) is 3.05. The lowest BCUT2D eigenvalue weighted by atomic mass is 9.95. The number of halogens is 1. The van der Waals surface area contributed by atoms with Gasteiger partial charge in [0.15, 0.2) is 5.96 Å². The van der Waals surface area contributed by atoms with E-state index in [1.807, 2.05) is 11.5 Å². The van der Waals surface area contributed by atoms with E-state index in [1.165, 1.54) is 19.3 Å². The van der Waals surface area contributed by atoms with Gasteiger partial charge in [0.2, 0.25) is 5.91 Å². The molecular formula is C17H32IN7O. The summed E-state index contributed by atoms with van der Waals surface area (Å²) in [6.45, 7) is 6.43. The van der Waals surface area contributed by atoms with Gasteiger partial charge in [0.05, 0.1) is 0 Å². The second-order valence-electron chi connectivity index (χ2n) is 6.32. The molecule has 26 heavy (non-hydrogen) atoms. The first-order valence-electron chi connectivity index (χ1n) is 9.41. The van der Waals surface area contributed by atoms with E-state index < -0.39 is 0 Å². The van der Waals surface area contributed by atoms with E-state index >= 15 is 0 Å². The lowest BCUT2D eigenvalue weighted by molar-refractivity contribution is -0.120. The summed E-state index contributed by atoms with van der Waals surface area (Å²) in [5.41, 5.74) is 0. The number of guanidine groups is 1. The predicted octanol–water partition coefficient (Wildman–Crippen LogP) is 1.46. The van der Waals surface area contributed by atoms with Gasteiger partial charge in [0, 0.05) is 32.1 Å². The van der Waals surface area contributed by atoms with E-state index in [-0.39, 0.29) is 36.4 Å². The van der Waals surface area contributed by atoms with Crippen molar-refractivity contribution in [1.82, 2.24) is 30.7 Å². The number of nitrogens with one attached hydrogen (secondary N) is 3. The number of aliphatic imine (C=N–C) groups is 1. The van der Waals surface area contributed by atoms with Crippen LogP contribution >= 0.6 is 24.0 Å². The van der Waals surface area contributed by atoms with Gasteiger partial charge in [-0.05, 0) is 19.8 Å². The molecule has 148 valence electrons. The maximum Gasteiger partial charge on any atom is 0.242 e. The molecule has 1 saturated carbocycles. The third-order valence-corrected chi connectivity index (χ3v) is 4.35. The molecule has 0 spiro atoms. The molecule has 2 rings (SSSR count). The fourth-order valence-electron chi connectivity index (χ4n) is 3.05. The van der Waals surface area contributed by atoms with E-state index in [2.05, 4.69) is 38.1 Å². The SMILES string of the molecule is CCNC(=NCC(=O)NC1CCCCC1)NCCn1cnnc1CC.I. The highest BCUT2D eigenvalue weighted by atomic mass is 127. The highest BCUT2D eigenvalue weighted by molar-refractivity contribution is 14.0. The van der Waals surface area contributed by atoms with Gasteiger partial charge in [-0.15, -0.1) is 34.2 Å². The summed E-state index contributed by atoms with van der Waals surface area (Å²) in [7, 11) is 0. The minimum Gasteiger partial charge on any atom is -0.357 e. The van der Waals surface area contributed by atoms with Gasteiger partial charge in [0.1, 0.15) is 18.7 Å². The molecule has 1 amide bonds. The first kappa shape index (κ1) is 22.7. The monoisotopic (exact) mass is 477 g/mol. The second-order valence-corrected chi connectivity index (χ2v) is 6.32. The van der Waals surface area contributed by atoms with Crippen LogP contribution in [0.2, 0.25) is 0 Å². The number of nitrogens with zero attached hydrogens (tertiary/aromatic N) is 4. The summed E-state index contributed by atoms with van der Waals surface area (Å²) in [5, 5.41) is 17.5. The Morgan fingerprint density at radius 2 is 2.04 bits per heavy atom. The van der Waals surface area contributed by atoms with Gasteiger partial charge in [-0.2, -0.15) is 0 Å². The quantitative estimate of drug-likeness (QED) is 0.300. The predicted molar refractivity (Wildman–Crippen MR) is 114 cm³/mol. The summed E-state index contributed by atoms with van der Waals surface area (Å²) in [6.07, 6.45) is 8.48. The van der Waals surface area contributed by atoms with Crippen molar-refractivity contribution >= 4 is 35.8 Å². The Hall–Kier alpha value is -1.39. The lowest BCUT2D eigenvalue weighted by Crippen LogP contribution is -2.41. The Kier molecular flexibility index (Phi) is 11.2. The van der Waals surface area contributed by atoms with Crippen molar-refractivity contribution in [3.05, 3.63) is 12.2 Å². The first-order valence-corrected chi connectivity index (χ1v) is 9.41. The van der Waals surface area contributed by atoms with Gasteiger partial charge in [-0.25, -0.2) is 4.99 Å². The third-order valence-electron chi connectivity index (χ3n) is 4.35. The standard InChI is InChI=1S/C17H31N7O.HI/c1-3-15-23-21-13-24(15)11-10-19-17(18-4-2)20-12-16(25)22-14-8-6-5-7-9-14;/h13-14H,3-12H2,1-2H3,(H,22,25)(H2,18,19,20);1H. The summed E-state index contributed by atoms with van der Waals surface area (Å²) >= 11 is 0. The average molecular weight is 477 g/mol. The van der Waals surface area contributed by atoms with Gasteiger partial charge < -0.3 is 20.5 Å². The van der Waals surface area contributed by atoms with E-state index in [0.717, 1.165) is 38.2 Å². The highest BCUT2D eigenvalue weighted by Gasteiger charge is 2.15. The molecule has 1 aromatic rings. The van der Waals surface area contributed by atoms with Crippen LogP contribution in [-0.2, 0) is 17.8 Å². The molecule has 0 unspecified atom stereocenters. The topological polar surface area (TPSA) is 96.2 Å². The molecule has 1 heterocycles. The molecule has 0 atom stereocenters. The van der Waals surface area contributed by atoms with Crippen LogP contribution in [0.1, 0.15) is 51.8 Å². The van der Waals surface area contributed by atoms with Crippen molar-refractivity contribution in [3.63, 3.8) is 0 Å². The highest BCUT2D eigenvalue weighted by Crippen LogP contribution is 2.17. The van der Waals surface area contributed by atoms with Crippen molar-refractivity contribution in [2.24, 2.45) is 4.99 Å². The van der Waals surface area contributed by atoms with Gasteiger partial charge in [-0.3, -0.25) is 4.79 Å². The Bertz CT molecular complexity index is 555. The Balaban J connectivity index is 0.00000338. The minimum atomic E-state index is -0.00354. The van der Waals surface area contributed by atoms with Crippen LogP contribution in [0.4, 0.5) is 0 Å². The van der Waals surface area contributed by atoms with E-state index in [0.29, 0.717) is 18.5 Å². The maximum absolute atomic E-state index is 12.1. The zero-order valence-corrected chi connectivity index (χ0v) is 18.2. The van der Waals surface area contributed by atoms with Gasteiger partial charge in [0.25, 0.3) is 0 Å². The summed E-state index contributed by atoms with van der Waals surface area (Å²) in [4.78, 5) is 16.5. The number of amides is 1. The van der Waals surface area contributed by atoms with Crippen molar-refractivity contribution < 1.29 is 4.79 Å². The van der Waals surface area contributed by atoms with Crippen LogP contribution in [0.15, 0.2) is 11.3 Å². The number of hydrogen-bond acceptors (Lipinski definition) is 4. The zero-order valence-electron chi connectivity index (χ0n) is 15.8. The van der Waals surface area contributed by atoms with Crippen molar-refractivity contribution in [2.75, 3.05) is 19.6 Å². The van der Waals surface area contributed by atoms with Crippen LogP contribution in [0.5, 0.6) is 0 Å². The minimum absolute atomic E-state index is 0. The third kappa shape index (κ3) is 7.88. The Morgan fingerprint density at radius 3 is 2.73 bits per heavy atom. The number of rotatable bonds is 8. The molecule has 0 aromatic carbocycles. The lowest BCUT2D eigenvalue weighted by Gasteiger charge is -2.22. The molecule has 1 fully saturated rings. The molecule has 0 saturated heterocycles. The van der Waals surface area contributed by atoms with E-state index in [4.69, 9.17) is 0 Å². The molecule has 1 aliphatic rings. The summed E-state index contributed by atoms with van der Waals surface area (Å²) in [5.74, 6) is 1.62. The molecule has 1 aliphatic carbocycles. The second kappa shape index (κ2) is 12.9. The zero-order chi connectivity index (χ0) is 17.9. The molecule has 0 radical (unpaired) electrons. The van der Waals surface area contributed by atoms with Crippen LogP contribution in [0.3, 0.4) is 0 Å². The molecule has 0 bridgehead atoms. The van der Waals surface area contributed by atoms with Crippen LogP contribution in [0.25, 0.3) is 0 Å². The van der Waals surface area contributed by atoms with Crippen LogP contribution in [-0.4, -0.2) is 52.3 Å². The Labute approximate surface area is 173 Å². The summed E-state index contributed by atoms with van der Waals surface area (Å²) < 4.78 is 2.02. The molecule has 8 nitrogen and oxygen atoms in total. The number of carbonyl (C=O) groups excluding carboxylic acids is 1. The maximum atomic E-state index is 12.1. The number of aryl methyl sites for hydroxylation is 1. The van der Waals surface area contributed by atoms with Gasteiger partial charge >= 0.3 is 0 Å². The fraction of sp³-hybridized carbons (Fsp3) is 0.765. The van der Waals surface area contributed by atoms with Crippen LogP contribution in [0, 0.1) is 0 Å². The molecule has 3 N–H and O–H groups in total. The Morgan fingerprint density at radius 1 is 1.27 bits per heavy atom. The molecular weight excluding hydrogens is 445 g/mol. The molecule has 0 aliphatic heterocycles. The molecule has 9 heteroatoms. The van der Waals surface area contributed by atoms with E-state index in [9.17, 15) is 4.79 Å². The van der Waals surface area contributed by atoms with Crippen molar-refractivity contribution in [2.45, 2.75) is 65.0 Å².